The predicted octanol–water partition coefficient (Wildman–Crippen LogP) is 5.36. The average molecular weight is 409 g/mol. The fraction of sp³-hybridized carbons (Fsp3) is 0.0909. The molecule has 4 rings (SSSR count). The molecule has 0 radical (unpaired) electrons. The van der Waals surface area contributed by atoms with Gasteiger partial charge in [0.05, 0.1) is 11.3 Å². The SMILES string of the molecule is CCc1ccc(NC2=C(c3cccs3)C(=O)N(c3cccc(Cl)c3)C2=O)cc1. The van der Waals surface area contributed by atoms with Crippen molar-refractivity contribution in [3.8, 4) is 0 Å². The number of hydrogen-bond donors (Lipinski definition) is 1. The lowest BCUT2D eigenvalue weighted by atomic mass is 10.1. The van der Waals surface area contributed by atoms with E-state index < -0.39 is 5.91 Å². The normalized spacial score (nSPS) is 14.1. The highest BCUT2D eigenvalue weighted by Gasteiger charge is 2.40. The van der Waals surface area contributed by atoms with Crippen LogP contribution in [0, 0.1) is 0 Å². The molecule has 0 spiro atoms. The van der Waals surface area contributed by atoms with Crippen molar-refractivity contribution in [3.05, 3.63) is 87.2 Å². The Morgan fingerprint density at radius 2 is 1.79 bits per heavy atom. The van der Waals surface area contributed by atoms with Crippen LogP contribution in [0.1, 0.15) is 17.4 Å². The summed E-state index contributed by atoms with van der Waals surface area (Å²) in [5.74, 6) is -0.752. The molecule has 0 aliphatic carbocycles. The largest absolute Gasteiger partial charge is 0.350 e. The number of carbonyl (C=O) groups is 2. The molecular formula is C22H17ClN2O2S. The number of aryl methyl sites for hydroxylation is 1. The van der Waals surface area contributed by atoms with Crippen molar-refractivity contribution in [2.75, 3.05) is 10.2 Å². The van der Waals surface area contributed by atoms with Crippen LogP contribution in [-0.2, 0) is 16.0 Å². The summed E-state index contributed by atoms with van der Waals surface area (Å²) in [6.07, 6.45) is 0.934. The molecule has 4 nitrogen and oxygen atoms in total. The van der Waals surface area contributed by atoms with Crippen molar-refractivity contribution < 1.29 is 9.59 Å². The van der Waals surface area contributed by atoms with Crippen LogP contribution in [0.2, 0.25) is 5.02 Å². The molecule has 0 unspecified atom stereocenters. The minimum atomic E-state index is -0.393. The summed E-state index contributed by atoms with van der Waals surface area (Å²) in [7, 11) is 0. The maximum atomic E-state index is 13.2. The zero-order valence-corrected chi connectivity index (χ0v) is 16.7. The smallest absolute Gasteiger partial charge is 0.282 e. The van der Waals surface area contributed by atoms with E-state index in [4.69, 9.17) is 11.6 Å². The highest BCUT2D eigenvalue weighted by molar-refractivity contribution is 7.11. The molecule has 28 heavy (non-hydrogen) atoms. The van der Waals surface area contributed by atoms with Gasteiger partial charge in [-0.25, -0.2) is 4.90 Å². The molecule has 2 heterocycles. The van der Waals surface area contributed by atoms with Gasteiger partial charge in [0.15, 0.2) is 0 Å². The van der Waals surface area contributed by atoms with Gasteiger partial charge in [0.25, 0.3) is 11.8 Å². The average Bonchev–Trinajstić information content (AvgIpc) is 3.29. The second-order valence-corrected chi connectivity index (χ2v) is 7.71. The molecule has 2 aromatic carbocycles. The summed E-state index contributed by atoms with van der Waals surface area (Å²) in [5, 5.41) is 5.52. The van der Waals surface area contributed by atoms with E-state index in [-0.39, 0.29) is 11.6 Å². The highest BCUT2D eigenvalue weighted by Crippen LogP contribution is 2.36. The summed E-state index contributed by atoms with van der Waals surface area (Å²) >= 11 is 7.50. The highest BCUT2D eigenvalue weighted by atomic mass is 35.5. The molecule has 1 N–H and O–H groups in total. The first-order valence-corrected chi connectivity index (χ1v) is 10.1. The van der Waals surface area contributed by atoms with Gasteiger partial charge in [0, 0.05) is 15.6 Å². The third-order valence-corrected chi connectivity index (χ3v) is 5.67. The molecule has 1 aliphatic rings. The lowest BCUT2D eigenvalue weighted by Gasteiger charge is -2.15. The van der Waals surface area contributed by atoms with E-state index in [1.807, 2.05) is 41.8 Å². The minimum Gasteiger partial charge on any atom is -0.350 e. The molecule has 1 aromatic heterocycles. The number of hydrogen-bond acceptors (Lipinski definition) is 4. The number of imide groups is 1. The van der Waals surface area contributed by atoms with Crippen LogP contribution in [0.3, 0.4) is 0 Å². The van der Waals surface area contributed by atoms with E-state index in [0.717, 1.165) is 17.0 Å². The van der Waals surface area contributed by atoms with Gasteiger partial charge in [-0.1, -0.05) is 42.8 Å². The van der Waals surface area contributed by atoms with Crippen molar-refractivity contribution in [1.82, 2.24) is 0 Å². The van der Waals surface area contributed by atoms with Gasteiger partial charge in [-0.15, -0.1) is 11.3 Å². The van der Waals surface area contributed by atoms with Gasteiger partial charge < -0.3 is 5.32 Å². The van der Waals surface area contributed by atoms with Crippen LogP contribution in [0.5, 0.6) is 0 Å². The quantitative estimate of drug-likeness (QED) is 0.578. The fourth-order valence-corrected chi connectivity index (χ4v) is 4.07. The number of rotatable bonds is 5. The summed E-state index contributed by atoms with van der Waals surface area (Å²) < 4.78 is 0. The van der Waals surface area contributed by atoms with E-state index in [0.29, 0.717) is 16.3 Å². The van der Waals surface area contributed by atoms with Crippen molar-refractivity contribution in [1.29, 1.82) is 0 Å². The van der Waals surface area contributed by atoms with Gasteiger partial charge in [-0.3, -0.25) is 9.59 Å². The Morgan fingerprint density at radius 1 is 1.00 bits per heavy atom. The van der Waals surface area contributed by atoms with Gasteiger partial charge in [0.2, 0.25) is 0 Å². The van der Waals surface area contributed by atoms with Gasteiger partial charge >= 0.3 is 0 Å². The maximum Gasteiger partial charge on any atom is 0.282 e. The number of carbonyl (C=O) groups excluding carboxylic acids is 2. The molecule has 1 aliphatic heterocycles. The Kier molecular flexibility index (Phi) is 5.03. The molecule has 0 saturated heterocycles. The Balaban J connectivity index is 1.77. The minimum absolute atomic E-state index is 0.275. The Hall–Kier alpha value is -2.89. The molecule has 3 aromatic rings. The molecule has 0 fully saturated rings. The van der Waals surface area contributed by atoms with E-state index >= 15 is 0 Å². The number of nitrogens with zero attached hydrogens (tertiary/aromatic N) is 1. The third kappa shape index (κ3) is 3.35. The topological polar surface area (TPSA) is 49.4 Å². The fourth-order valence-electron chi connectivity index (χ4n) is 3.11. The number of anilines is 2. The van der Waals surface area contributed by atoms with E-state index in [9.17, 15) is 9.59 Å². The first-order chi connectivity index (χ1) is 13.6. The van der Waals surface area contributed by atoms with Crippen LogP contribution in [-0.4, -0.2) is 11.8 Å². The van der Waals surface area contributed by atoms with E-state index in [1.165, 1.54) is 21.8 Å². The predicted molar refractivity (Wildman–Crippen MR) is 115 cm³/mol. The van der Waals surface area contributed by atoms with Gasteiger partial charge in [-0.05, 0) is 53.8 Å². The molecule has 140 valence electrons. The summed E-state index contributed by atoms with van der Waals surface area (Å²) in [5.41, 5.74) is 3.06. The van der Waals surface area contributed by atoms with Crippen LogP contribution < -0.4 is 10.2 Å². The van der Waals surface area contributed by atoms with Gasteiger partial charge in [-0.2, -0.15) is 0 Å². The lowest BCUT2D eigenvalue weighted by Crippen LogP contribution is -2.32. The summed E-state index contributed by atoms with van der Waals surface area (Å²) in [4.78, 5) is 28.3. The summed E-state index contributed by atoms with van der Waals surface area (Å²) in [6.45, 7) is 2.09. The van der Waals surface area contributed by atoms with E-state index in [1.54, 1.807) is 24.3 Å². The van der Waals surface area contributed by atoms with Crippen LogP contribution >= 0.6 is 22.9 Å². The van der Waals surface area contributed by atoms with Crippen LogP contribution in [0.25, 0.3) is 5.57 Å². The molecule has 0 bridgehead atoms. The standard InChI is InChI=1S/C22H17ClN2O2S/c1-2-14-8-10-16(11-9-14)24-20-19(18-7-4-12-28-18)21(26)25(22(20)27)17-6-3-5-15(23)13-17/h3-13,24H,2H2,1H3. The third-order valence-electron chi connectivity index (χ3n) is 4.55. The zero-order valence-electron chi connectivity index (χ0n) is 15.1. The van der Waals surface area contributed by atoms with Crippen molar-refractivity contribution >= 4 is 51.7 Å². The second kappa shape index (κ2) is 7.62. The maximum absolute atomic E-state index is 13.2. The molecule has 2 amide bonds. The number of benzene rings is 2. The molecule has 6 heteroatoms. The lowest BCUT2D eigenvalue weighted by molar-refractivity contribution is -0.120. The first kappa shape index (κ1) is 18.5. The van der Waals surface area contributed by atoms with E-state index in [2.05, 4.69) is 12.2 Å². The number of amides is 2. The first-order valence-electron chi connectivity index (χ1n) is 8.87. The monoisotopic (exact) mass is 408 g/mol. The Labute approximate surface area is 172 Å². The summed E-state index contributed by atoms with van der Waals surface area (Å²) in [6, 6.07) is 18.3. The van der Waals surface area contributed by atoms with Crippen LogP contribution in [0.4, 0.5) is 11.4 Å². The number of thiophene rings is 1. The second-order valence-electron chi connectivity index (χ2n) is 6.33. The van der Waals surface area contributed by atoms with Gasteiger partial charge in [0.1, 0.15) is 5.70 Å². The molecular weight excluding hydrogens is 392 g/mol. The zero-order chi connectivity index (χ0) is 19.7. The molecule has 0 atom stereocenters. The Morgan fingerprint density at radius 3 is 2.43 bits per heavy atom. The van der Waals surface area contributed by atoms with Crippen molar-refractivity contribution in [2.45, 2.75) is 13.3 Å². The van der Waals surface area contributed by atoms with Crippen molar-refractivity contribution in [3.63, 3.8) is 0 Å². The Bertz CT molecular complexity index is 1070. The number of nitrogens with one attached hydrogen (secondary N) is 1. The van der Waals surface area contributed by atoms with Crippen molar-refractivity contribution in [2.24, 2.45) is 0 Å². The molecule has 0 saturated carbocycles. The van der Waals surface area contributed by atoms with Crippen LogP contribution in [0.15, 0.2) is 71.7 Å². The number of halogens is 1.